The molecule has 0 aliphatic heterocycles. The molecule has 0 unspecified atom stereocenters. The van der Waals surface area contributed by atoms with E-state index in [-0.39, 0.29) is 23.6 Å². The van der Waals surface area contributed by atoms with E-state index >= 15 is 0 Å². The third-order valence-corrected chi connectivity index (χ3v) is 5.41. The van der Waals surface area contributed by atoms with Crippen molar-refractivity contribution in [3.8, 4) is 5.88 Å². The van der Waals surface area contributed by atoms with Gasteiger partial charge in [-0.3, -0.25) is 14.3 Å². The van der Waals surface area contributed by atoms with E-state index in [4.69, 9.17) is 4.74 Å². The summed E-state index contributed by atoms with van der Waals surface area (Å²) < 4.78 is 6.93. The van der Waals surface area contributed by atoms with Gasteiger partial charge >= 0.3 is 5.69 Å². The smallest absolute Gasteiger partial charge is 0.327 e. The molecule has 0 spiro atoms. The molecule has 0 atom stereocenters. The van der Waals surface area contributed by atoms with Crippen molar-refractivity contribution in [1.29, 1.82) is 0 Å². The molecule has 8 nitrogen and oxygen atoms in total. The fourth-order valence-electron chi connectivity index (χ4n) is 4.01. The minimum Gasteiger partial charge on any atom is -0.481 e. The summed E-state index contributed by atoms with van der Waals surface area (Å²) in [6.45, 7) is 1.89. The van der Waals surface area contributed by atoms with E-state index in [1.54, 1.807) is 24.1 Å². The number of aromatic nitrogens is 4. The first-order valence-corrected chi connectivity index (χ1v) is 9.43. The first-order valence-electron chi connectivity index (χ1n) is 9.43. The molecule has 1 aliphatic rings. The summed E-state index contributed by atoms with van der Waals surface area (Å²) in [6.07, 6.45) is 6.30. The van der Waals surface area contributed by atoms with Crippen LogP contribution in [0.1, 0.15) is 37.3 Å². The molecule has 3 aromatic rings. The van der Waals surface area contributed by atoms with Crippen LogP contribution in [-0.4, -0.2) is 32.5 Å². The number of carbonyl (C=O) groups is 1. The summed E-state index contributed by atoms with van der Waals surface area (Å²) in [5.74, 6) is 0.479. The summed E-state index contributed by atoms with van der Waals surface area (Å²) in [4.78, 5) is 36.2. The fraction of sp³-hybridized carbons (Fsp3) is 0.400. The van der Waals surface area contributed by atoms with Gasteiger partial charge in [-0.2, -0.15) is 0 Å². The van der Waals surface area contributed by atoms with Gasteiger partial charge in [-0.1, -0.05) is 0 Å². The van der Waals surface area contributed by atoms with Crippen LogP contribution in [0.5, 0.6) is 5.88 Å². The number of nitrogens with one attached hydrogen (secondary N) is 2. The number of aromatic amines is 1. The molecule has 0 bridgehead atoms. The SMILES string of the molecule is COc1ncc(NC(=O)[C@H]2CC[C@@H](n3c(=O)[nH]c4ncccc43)CC2)cc1C. The Kier molecular flexibility index (Phi) is 4.85. The highest BCUT2D eigenvalue weighted by atomic mass is 16.5. The third kappa shape index (κ3) is 3.37. The van der Waals surface area contributed by atoms with Gasteiger partial charge in [-0.25, -0.2) is 14.8 Å². The number of fused-ring (bicyclic) bond motifs is 1. The number of amides is 1. The van der Waals surface area contributed by atoms with Crippen LogP contribution in [-0.2, 0) is 4.79 Å². The molecule has 8 heteroatoms. The lowest BCUT2D eigenvalue weighted by Crippen LogP contribution is -2.31. The number of anilines is 1. The van der Waals surface area contributed by atoms with Gasteiger partial charge in [0.05, 0.1) is 24.5 Å². The zero-order valence-corrected chi connectivity index (χ0v) is 15.9. The second-order valence-electron chi connectivity index (χ2n) is 7.22. The summed E-state index contributed by atoms with van der Waals surface area (Å²) in [5.41, 5.74) is 2.83. The van der Waals surface area contributed by atoms with Crippen LogP contribution in [0.4, 0.5) is 5.69 Å². The Labute approximate surface area is 162 Å². The highest BCUT2D eigenvalue weighted by Gasteiger charge is 2.29. The number of ether oxygens (including phenoxy) is 1. The lowest BCUT2D eigenvalue weighted by molar-refractivity contribution is -0.121. The highest BCUT2D eigenvalue weighted by Crippen LogP contribution is 2.33. The Balaban J connectivity index is 1.42. The maximum atomic E-state index is 12.7. The topological polar surface area (TPSA) is 102 Å². The van der Waals surface area contributed by atoms with Gasteiger partial charge in [-0.15, -0.1) is 0 Å². The van der Waals surface area contributed by atoms with Gasteiger partial charge in [0.15, 0.2) is 5.65 Å². The summed E-state index contributed by atoms with van der Waals surface area (Å²) >= 11 is 0. The van der Waals surface area contributed by atoms with Crippen LogP contribution in [0.15, 0.2) is 35.4 Å². The number of carbonyl (C=O) groups excluding carboxylic acids is 1. The van der Waals surface area contributed by atoms with Gasteiger partial charge in [0.1, 0.15) is 0 Å². The lowest BCUT2D eigenvalue weighted by atomic mass is 9.85. The number of nitrogens with zero attached hydrogens (tertiary/aromatic N) is 3. The van der Waals surface area contributed by atoms with Crippen LogP contribution < -0.4 is 15.7 Å². The van der Waals surface area contributed by atoms with E-state index in [2.05, 4.69) is 20.3 Å². The second kappa shape index (κ2) is 7.46. The van der Waals surface area contributed by atoms with E-state index in [0.29, 0.717) is 17.2 Å². The van der Waals surface area contributed by atoms with Crippen LogP contribution in [0.25, 0.3) is 11.2 Å². The van der Waals surface area contributed by atoms with Crippen molar-refractivity contribution < 1.29 is 9.53 Å². The molecule has 3 heterocycles. The molecular weight excluding hydrogens is 358 g/mol. The molecule has 1 fully saturated rings. The standard InChI is InChI=1S/C20H23N5O3/c1-12-10-14(11-22-19(12)28-2)23-18(26)13-5-7-15(8-6-13)25-16-4-3-9-21-17(16)24-20(25)27/h3-4,9-11,13,15H,5-8H2,1-2H3,(H,23,26)(H,21,24,27)/t13-,15+. The fourth-order valence-corrected chi connectivity index (χ4v) is 4.01. The van der Waals surface area contributed by atoms with Crippen molar-refractivity contribution in [2.45, 2.75) is 38.6 Å². The Hall–Kier alpha value is -3.16. The summed E-state index contributed by atoms with van der Waals surface area (Å²) in [6, 6.07) is 5.67. The van der Waals surface area contributed by atoms with Crippen molar-refractivity contribution >= 4 is 22.8 Å². The normalized spacial score (nSPS) is 19.5. The first kappa shape index (κ1) is 18.2. The lowest BCUT2D eigenvalue weighted by Gasteiger charge is -2.28. The van der Waals surface area contributed by atoms with Crippen LogP contribution in [0.3, 0.4) is 0 Å². The molecule has 0 aromatic carbocycles. The summed E-state index contributed by atoms with van der Waals surface area (Å²) in [7, 11) is 1.57. The van der Waals surface area contributed by atoms with Crippen LogP contribution >= 0.6 is 0 Å². The second-order valence-corrected chi connectivity index (χ2v) is 7.22. The Morgan fingerprint density at radius 1 is 1.29 bits per heavy atom. The number of aryl methyl sites for hydroxylation is 1. The van der Waals surface area contributed by atoms with Gasteiger partial charge in [-0.05, 0) is 50.8 Å². The van der Waals surface area contributed by atoms with E-state index in [1.807, 2.05) is 25.1 Å². The van der Waals surface area contributed by atoms with Crippen molar-refractivity contribution in [2.75, 3.05) is 12.4 Å². The number of hydrogen-bond donors (Lipinski definition) is 2. The number of methoxy groups -OCH3 is 1. The Morgan fingerprint density at radius 3 is 2.79 bits per heavy atom. The van der Waals surface area contributed by atoms with Gasteiger partial charge in [0.25, 0.3) is 0 Å². The largest absolute Gasteiger partial charge is 0.481 e. The molecule has 1 amide bonds. The molecular formula is C20H23N5O3. The average Bonchev–Trinajstić information content (AvgIpc) is 3.04. The van der Waals surface area contributed by atoms with Crippen molar-refractivity contribution in [1.82, 2.24) is 19.5 Å². The van der Waals surface area contributed by atoms with Crippen LogP contribution in [0, 0.1) is 12.8 Å². The van der Waals surface area contributed by atoms with Crippen LogP contribution in [0.2, 0.25) is 0 Å². The quantitative estimate of drug-likeness (QED) is 0.723. The van der Waals surface area contributed by atoms with E-state index in [0.717, 1.165) is 36.8 Å². The van der Waals surface area contributed by atoms with Crippen molar-refractivity contribution in [2.24, 2.45) is 5.92 Å². The average molecular weight is 381 g/mol. The molecule has 1 saturated carbocycles. The monoisotopic (exact) mass is 381 g/mol. The molecule has 4 rings (SSSR count). The minimum absolute atomic E-state index is 0.00208. The Morgan fingerprint density at radius 2 is 2.07 bits per heavy atom. The number of rotatable bonds is 4. The maximum absolute atomic E-state index is 12.7. The van der Waals surface area contributed by atoms with E-state index in [9.17, 15) is 9.59 Å². The first-order chi connectivity index (χ1) is 13.6. The minimum atomic E-state index is -0.138. The predicted molar refractivity (Wildman–Crippen MR) is 106 cm³/mol. The molecule has 3 aromatic heterocycles. The molecule has 146 valence electrons. The van der Waals surface area contributed by atoms with Gasteiger partial charge < -0.3 is 10.1 Å². The molecule has 0 saturated heterocycles. The zero-order chi connectivity index (χ0) is 19.7. The predicted octanol–water partition coefficient (Wildman–Crippen LogP) is 2.81. The number of hydrogen-bond acceptors (Lipinski definition) is 5. The third-order valence-electron chi connectivity index (χ3n) is 5.41. The molecule has 28 heavy (non-hydrogen) atoms. The molecule has 1 aliphatic carbocycles. The van der Waals surface area contributed by atoms with E-state index in [1.165, 1.54) is 0 Å². The zero-order valence-electron chi connectivity index (χ0n) is 15.9. The summed E-state index contributed by atoms with van der Waals surface area (Å²) in [5, 5.41) is 2.95. The Bertz CT molecular complexity index is 1060. The van der Waals surface area contributed by atoms with E-state index < -0.39 is 0 Å². The highest BCUT2D eigenvalue weighted by molar-refractivity contribution is 5.92. The number of pyridine rings is 2. The van der Waals surface area contributed by atoms with Gasteiger partial charge in [0, 0.05) is 23.7 Å². The molecule has 2 N–H and O–H groups in total. The van der Waals surface area contributed by atoms with Crippen molar-refractivity contribution in [3.63, 3.8) is 0 Å². The number of imidazole rings is 1. The number of H-pyrrole nitrogens is 1. The van der Waals surface area contributed by atoms with Crippen molar-refractivity contribution in [3.05, 3.63) is 46.6 Å². The molecule has 0 radical (unpaired) electrons. The van der Waals surface area contributed by atoms with Gasteiger partial charge in [0.2, 0.25) is 11.8 Å². The maximum Gasteiger partial charge on any atom is 0.327 e.